The van der Waals surface area contributed by atoms with Gasteiger partial charge in [0.1, 0.15) is 0 Å². The van der Waals surface area contributed by atoms with Crippen molar-refractivity contribution in [3.8, 4) is 0 Å². The van der Waals surface area contributed by atoms with Crippen LogP contribution >= 0.6 is 11.8 Å². The molecule has 0 aliphatic heterocycles. The Balaban J connectivity index is 2.28. The molecule has 5 heteroatoms. The summed E-state index contributed by atoms with van der Waals surface area (Å²) in [6.07, 6.45) is -0.755. The molecule has 0 saturated carbocycles. The molecular formula is C13H19NO3S. The number of hydrogen-bond acceptors (Lipinski definition) is 4. The number of thioether (sulfide) groups is 1. The van der Waals surface area contributed by atoms with Gasteiger partial charge in [-0.15, -0.1) is 11.8 Å². The standard InChI is InChI=1S/C13H19NO3S/c1-10(11-5-3-2-4-6-11)14-13(17)9-18-8-12(16)7-15/h2-6,10,12,15-16H,7-9H2,1H3,(H,14,17). The summed E-state index contributed by atoms with van der Waals surface area (Å²) in [7, 11) is 0. The van der Waals surface area contributed by atoms with Gasteiger partial charge in [0.15, 0.2) is 0 Å². The van der Waals surface area contributed by atoms with E-state index in [1.165, 1.54) is 11.8 Å². The Hall–Kier alpha value is -1.04. The van der Waals surface area contributed by atoms with E-state index < -0.39 is 6.10 Å². The van der Waals surface area contributed by atoms with Gasteiger partial charge < -0.3 is 15.5 Å². The van der Waals surface area contributed by atoms with Crippen LogP contribution in [0.2, 0.25) is 0 Å². The normalized spacial score (nSPS) is 13.9. The van der Waals surface area contributed by atoms with E-state index in [-0.39, 0.29) is 24.3 Å². The molecule has 4 nitrogen and oxygen atoms in total. The third kappa shape index (κ3) is 5.53. The minimum atomic E-state index is -0.755. The number of rotatable bonds is 7. The van der Waals surface area contributed by atoms with E-state index >= 15 is 0 Å². The summed E-state index contributed by atoms with van der Waals surface area (Å²) >= 11 is 1.31. The summed E-state index contributed by atoms with van der Waals surface area (Å²) in [4.78, 5) is 11.6. The number of aliphatic hydroxyl groups is 2. The third-order valence-corrected chi connectivity index (χ3v) is 3.52. The summed E-state index contributed by atoms with van der Waals surface area (Å²) in [5, 5.41) is 20.6. The lowest BCUT2D eigenvalue weighted by atomic mass is 10.1. The van der Waals surface area contributed by atoms with Crippen molar-refractivity contribution in [2.24, 2.45) is 0 Å². The number of amides is 1. The SMILES string of the molecule is CC(NC(=O)CSCC(O)CO)c1ccccc1. The maximum absolute atomic E-state index is 11.6. The van der Waals surface area contributed by atoms with Gasteiger partial charge in [-0.2, -0.15) is 0 Å². The van der Waals surface area contributed by atoms with Crippen LogP contribution in [-0.4, -0.2) is 40.3 Å². The Bertz CT molecular complexity index is 359. The molecule has 1 aromatic rings. The Morgan fingerprint density at radius 1 is 1.39 bits per heavy atom. The Morgan fingerprint density at radius 2 is 2.06 bits per heavy atom. The van der Waals surface area contributed by atoms with Crippen LogP contribution in [0.25, 0.3) is 0 Å². The molecule has 18 heavy (non-hydrogen) atoms. The van der Waals surface area contributed by atoms with Crippen LogP contribution in [0.5, 0.6) is 0 Å². The molecule has 1 amide bonds. The van der Waals surface area contributed by atoms with Gasteiger partial charge in [-0.05, 0) is 12.5 Å². The van der Waals surface area contributed by atoms with Crippen LogP contribution in [0.1, 0.15) is 18.5 Å². The van der Waals surface area contributed by atoms with Crippen LogP contribution in [0.3, 0.4) is 0 Å². The van der Waals surface area contributed by atoms with E-state index in [4.69, 9.17) is 10.2 Å². The van der Waals surface area contributed by atoms with Gasteiger partial charge >= 0.3 is 0 Å². The number of benzene rings is 1. The summed E-state index contributed by atoms with van der Waals surface area (Å²) in [6, 6.07) is 9.71. The van der Waals surface area contributed by atoms with E-state index in [2.05, 4.69) is 5.32 Å². The second-order valence-electron chi connectivity index (χ2n) is 4.05. The average molecular weight is 269 g/mol. The first-order valence-corrected chi connectivity index (χ1v) is 7.00. The van der Waals surface area contributed by atoms with Crippen molar-refractivity contribution < 1.29 is 15.0 Å². The van der Waals surface area contributed by atoms with Gasteiger partial charge in [-0.3, -0.25) is 4.79 Å². The van der Waals surface area contributed by atoms with Crippen molar-refractivity contribution in [3.05, 3.63) is 35.9 Å². The van der Waals surface area contributed by atoms with E-state index in [0.29, 0.717) is 5.75 Å². The fourth-order valence-corrected chi connectivity index (χ4v) is 2.21. The lowest BCUT2D eigenvalue weighted by Gasteiger charge is -2.14. The van der Waals surface area contributed by atoms with Crippen molar-refractivity contribution >= 4 is 17.7 Å². The van der Waals surface area contributed by atoms with Crippen LogP contribution in [0.4, 0.5) is 0 Å². The van der Waals surface area contributed by atoms with E-state index in [1.54, 1.807) is 0 Å². The first-order chi connectivity index (χ1) is 8.63. The van der Waals surface area contributed by atoms with Crippen molar-refractivity contribution in [2.45, 2.75) is 19.1 Å². The molecule has 0 radical (unpaired) electrons. The molecule has 0 aromatic heterocycles. The number of carbonyl (C=O) groups excluding carboxylic acids is 1. The zero-order valence-corrected chi connectivity index (χ0v) is 11.2. The zero-order valence-electron chi connectivity index (χ0n) is 10.4. The molecule has 2 atom stereocenters. The maximum atomic E-state index is 11.6. The summed E-state index contributed by atoms with van der Waals surface area (Å²) in [6.45, 7) is 1.66. The third-order valence-electron chi connectivity index (χ3n) is 2.43. The van der Waals surface area contributed by atoms with Gasteiger partial charge in [0.2, 0.25) is 5.91 Å². The largest absolute Gasteiger partial charge is 0.394 e. The Morgan fingerprint density at radius 3 is 2.67 bits per heavy atom. The van der Waals surface area contributed by atoms with E-state index in [0.717, 1.165) is 5.56 Å². The molecule has 0 aliphatic carbocycles. The maximum Gasteiger partial charge on any atom is 0.230 e. The number of hydrogen-bond donors (Lipinski definition) is 3. The molecule has 0 bridgehead atoms. The number of nitrogens with one attached hydrogen (secondary N) is 1. The van der Waals surface area contributed by atoms with Crippen LogP contribution in [-0.2, 0) is 4.79 Å². The van der Waals surface area contributed by atoms with Gasteiger partial charge in [0, 0.05) is 5.75 Å². The van der Waals surface area contributed by atoms with Crippen molar-refractivity contribution in [1.82, 2.24) is 5.32 Å². The molecule has 0 heterocycles. The highest BCUT2D eigenvalue weighted by Crippen LogP contribution is 2.11. The van der Waals surface area contributed by atoms with Gasteiger partial charge in [-0.1, -0.05) is 30.3 Å². The lowest BCUT2D eigenvalue weighted by molar-refractivity contribution is -0.119. The summed E-state index contributed by atoms with van der Waals surface area (Å²) in [5.41, 5.74) is 1.06. The first kappa shape index (κ1) is 15.0. The number of carbonyl (C=O) groups is 1. The molecule has 1 aromatic carbocycles. The predicted octanol–water partition coefficient (Wildman–Crippen LogP) is 0.950. The highest BCUT2D eigenvalue weighted by Gasteiger charge is 2.10. The molecule has 2 unspecified atom stereocenters. The second kappa shape index (κ2) is 8.13. The average Bonchev–Trinajstić information content (AvgIpc) is 2.39. The van der Waals surface area contributed by atoms with Gasteiger partial charge in [0.25, 0.3) is 0 Å². The molecule has 1 rings (SSSR count). The lowest BCUT2D eigenvalue weighted by Crippen LogP contribution is -2.28. The fraction of sp³-hybridized carbons (Fsp3) is 0.462. The molecule has 0 aliphatic rings. The monoisotopic (exact) mass is 269 g/mol. The van der Waals surface area contributed by atoms with Crippen LogP contribution in [0, 0.1) is 0 Å². The van der Waals surface area contributed by atoms with Crippen LogP contribution < -0.4 is 5.32 Å². The van der Waals surface area contributed by atoms with E-state index in [1.807, 2.05) is 37.3 Å². The number of aliphatic hydroxyl groups excluding tert-OH is 2. The zero-order chi connectivity index (χ0) is 13.4. The minimum Gasteiger partial charge on any atom is -0.394 e. The van der Waals surface area contributed by atoms with Crippen molar-refractivity contribution in [1.29, 1.82) is 0 Å². The topological polar surface area (TPSA) is 69.6 Å². The Labute approximate surface area is 111 Å². The molecule has 3 N–H and O–H groups in total. The first-order valence-electron chi connectivity index (χ1n) is 5.84. The van der Waals surface area contributed by atoms with Gasteiger partial charge in [0.05, 0.1) is 24.5 Å². The molecule has 100 valence electrons. The smallest absolute Gasteiger partial charge is 0.230 e. The second-order valence-corrected chi connectivity index (χ2v) is 5.08. The summed E-state index contributed by atoms with van der Waals surface area (Å²) in [5.74, 6) is 0.583. The predicted molar refractivity (Wildman–Crippen MR) is 73.4 cm³/mol. The molecular weight excluding hydrogens is 250 g/mol. The molecule has 0 fully saturated rings. The highest BCUT2D eigenvalue weighted by atomic mass is 32.2. The van der Waals surface area contributed by atoms with Crippen LogP contribution in [0.15, 0.2) is 30.3 Å². The summed E-state index contributed by atoms with van der Waals surface area (Å²) < 4.78 is 0. The molecule has 0 spiro atoms. The van der Waals surface area contributed by atoms with Crippen molar-refractivity contribution in [2.75, 3.05) is 18.1 Å². The Kier molecular flexibility index (Phi) is 6.78. The quantitative estimate of drug-likeness (QED) is 0.689. The van der Waals surface area contributed by atoms with Crippen molar-refractivity contribution in [3.63, 3.8) is 0 Å². The molecule has 0 saturated heterocycles. The van der Waals surface area contributed by atoms with E-state index in [9.17, 15) is 4.79 Å². The van der Waals surface area contributed by atoms with Gasteiger partial charge in [-0.25, -0.2) is 0 Å². The highest BCUT2D eigenvalue weighted by molar-refractivity contribution is 7.99. The fourth-order valence-electron chi connectivity index (χ4n) is 1.45. The minimum absolute atomic E-state index is 0.0259.